The zero-order valence-electron chi connectivity index (χ0n) is 15.8. The third-order valence-electron chi connectivity index (χ3n) is 3.50. The van der Waals surface area contributed by atoms with Crippen LogP contribution >= 0.6 is 11.8 Å². The topological polar surface area (TPSA) is 136 Å². The number of hydrogen-bond acceptors (Lipinski definition) is 9. The standard InChI is InChI=1S/C18H26N8S/c1-4-22-10-16-14(20)5-13(27-16)8-25-18-17(21)24-9-15(26-18)12(6-19)7-23-11(2)3/h5-7,9-11,19-20,22-23H,4,8H2,1-3H3,(H2,21,24)(H,25,26)/b12-7+,16-10+,19-6?,20-14?. The molecular formula is C18H26N8S. The van der Waals surface area contributed by atoms with Gasteiger partial charge in [-0.3, -0.25) is 5.41 Å². The molecule has 0 radical (unpaired) electrons. The molecule has 0 spiro atoms. The van der Waals surface area contributed by atoms with E-state index in [1.54, 1.807) is 12.4 Å². The third-order valence-corrected chi connectivity index (χ3v) is 4.59. The Morgan fingerprint density at radius 1 is 1.41 bits per heavy atom. The number of thioether (sulfide) groups is 1. The highest BCUT2D eigenvalue weighted by Crippen LogP contribution is 2.33. The molecule has 0 saturated carbocycles. The average molecular weight is 387 g/mol. The average Bonchev–Trinajstić information content (AvgIpc) is 3.00. The summed E-state index contributed by atoms with van der Waals surface area (Å²) in [6.07, 6.45) is 8.21. The van der Waals surface area contributed by atoms with E-state index in [1.807, 2.05) is 33.0 Å². The van der Waals surface area contributed by atoms with Gasteiger partial charge in [0.15, 0.2) is 11.6 Å². The second kappa shape index (κ2) is 9.77. The molecular weight excluding hydrogens is 360 g/mol. The van der Waals surface area contributed by atoms with E-state index in [1.165, 1.54) is 18.0 Å². The second-order valence-electron chi connectivity index (χ2n) is 6.10. The van der Waals surface area contributed by atoms with Crippen LogP contribution < -0.4 is 21.7 Å². The Kier molecular flexibility index (Phi) is 7.42. The van der Waals surface area contributed by atoms with Crippen molar-refractivity contribution in [3.63, 3.8) is 0 Å². The minimum absolute atomic E-state index is 0.255. The number of nitrogens with two attached hydrogens (primary N) is 1. The molecule has 27 heavy (non-hydrogen) atoms. The highest BCUT2D eigenvalue weighted by molar-refractivity contribution is 8.08. The zero-order chi connectivity index (χ0) is 19.8. The maximum atomic E-state index is 8.01. The van der Waals surface area contributed by atoms with Crippen LogP contribution in [0.4, 0.5) is 11.6 Å². The summed E-state index contributed by atoms with van der Waals surface area (Å²) in [5.74, 6) is 0.754. The fraction of sp³-hybridized carbons (Fsp3) is 0.333. The van der Waals surface area contributed by atoms with Crippen LogP contribution in [0.1, 0.15) is 26.5 Å². The predicted molar refractivity (Wildman–Crippen MR) is 115 cm³/mol. The molecule has 1 aromatic rings. The van der Waals surface area contributed by atoms with Crippen LogP contribution in [0.3, 0.4) is 0 Å². The molecule has 8 nitrogen and oxygen atoms in total. The van der Waals surface area contributed by atoms with Gasteiger partial charge in [0.1, 0.15) is 0 Å². The Bertz CT molecular complexity index is 795. The van der Waals surface area contributed by atoms with Crippen LogP contribution in [-0.4, -0.2) is 41.0 Å². The monoisotopic (exact) mass is 386 g/mol. The van der Waals surface area contributed by atoms with Crippen LogP contribution in [0.5, 0.6) is 0 Å². The molecule has 0 atom stereocenters. The molecule has 0 saturated heterocycles. The summed E-state index contributed by atoms with van der Waals surface area (Å²) in [6, 6.07) is 0.255. The van der Waals surface area contributed by atoms with E-state index < -0.39 is 0 Å². The number of nitrogen functional groups attached to an aromatic ring is 1. The normalized spacial score (nSPS) is 15.9. The summed E-state index contributed by atoms with van der Waals surface area (Å²) in [7, 11) is 0. The van der Waals surface area contributed by atoms with Crippen LogP contribution in [0.25, 0.3) is 5.57 Å². The molecule has 1 aliphatic rings. The number of anilines is 2. The molecule has 0 unspecified atom stereocenters. The summed E-state index contributed by atoms with van der Waals surface area (Å²) in [5, 5.41) is 25.1. The lowest BCUT2D eigenvalue weighted by Crippen LogP contribution is -2.16. The number of aromatic nitrogens is 2. The van der Waals surface area contributed by atoms with E-state index in [9.17, 15) is 0 Å². The highest BCUT2D eigenvalue weighted by Gasteiger charge is 2.17. The summed E-state index contributed by atoms with van der Waals surface area (Å²) in [5.41, 5.74) is 7.60. The Morgan fingerprint density at radius 2 is 2.19 bits per heavy atom. The van der Waals surface area contributed by atoms with E-state index in [-0.39, 0.29) is 6.04 Å². The van der Waals surface area contributed by atoms with Crippen LogP contribution in [0, 0.1) is 10.8 Å². The van der Waals surface area contributed by atoms with Gasteiger partial charge in [0.2, 0.25) is 0 Å². The van der Waals surface area contributed by atoms with Crippen molar-refractivity contribution in [1.29, 1.82) is 10.8 Å². The van der Waals surface area contributed by atoms with E-state index in [4.69, 9.17) is 16.6 Å². The number of hydrogen-bond donors (Lipinski definition) is 6. The minimum atomic E-state index is 0.255. The van der Waals surface area contributed by atoms with E-state index in [0.717, 1.165) is 16.4 Å². The molecule has 0 fully saturated rings. The van der Waals surface area contributed by atoms with Crippen LogP contribution in [0.15, 0.2) is 34.5 Å². The van der Waals surface area contributed by atoms with Gasteiger partial charge < -0.3 is 27.1 Å². The molecule has 0 amide bonds. The molecule has 7 N–H and O–H groups in total. The predicted octanol–water partition coefficient (Wildman–Crippen LogP) is 2.56. The van der Waals surface area contributed by atoms with Gasteiger partial charge >= 0.3 is 0 Å². The second-order valence-corrected chi connectivity index (χ2v) is 7.27. The van der Waals surface area contributed by atoms with Crippen LogP contribution in [0.2, 0.25) is 0 Å². The molecule has 0 aliphatic carbocycles. The van der Waals surface area contributed by atoms with Gasteiger partial charge in [-0.1, -0.05) is 11.8 Å². The first-order valence-electron chi connectivity index (χ1n) is 8.69. The van der Waals surface area contributed by atoms with Crippen molar-refractivity contribution in [3.05, 3.63) is 40.2 Å². The van der Waals surface area contributed by atoms with Gasteiger partial charge in [-0.25, -0.2) is 9.97 Å². The van der Waals surface area contributed by atoms with Crippen molar-refractivity contribution in [2.24, 2.45) is 0 Å². The summed E-state index contributed by atoms with van der Waals surface area (Å²) in [6.45, 7) is 7.36. The maximum Gasteiger partial charge on any atom is 0.169 e. The van der Waals surface area contributed by atoms with Crippen molar-refractivity contribution in [1.82, 2.24) is 20.6 Å². The van der Waals surface area contributed by atoms with Crippen molar-refractivity contribution in [2.75, 3.05) is 24.1 Å². The lowest BCUT2D eigenvalue weighted by molar-refractivity contribution is 0.704. The van der Waals surface area contributed by atoms with Gasteiger partial charge in [-0.05, 0) is 26.8 Å². The summed E-state index contributed by atoms with van der Waals surface area (Å²) in [4.78, 5) is 10.6. The van der Waals surface area contributed by atoms with Crippen molar-refractivity contribution >= 4 is 40.9 Å². The molecule has 9 heteroatoms. The molecule has 144 valence electrons. The zero-order valence-corrected chi connectivity index (χ0v) is 16.6. The fourth-order valence-corrected chi connectivity index (χ4v) is 3.05. The number of nitrogens with one attached hydrogen (secondary N) is 5. The minimum Gasteiger partial charge on any atom is -0.390 e. The van der Waals surface area contributed by atoms with E-state index in [0.29, 0.717) is 35.2 Å². The number of allylic oxidation sites excluding steroid dienone is 3. The first-order valence-corrected chi connectivity index (χ1v) is 9.50. The Morgan fingerprint density at radius 3 is 2.85 bits per heavy atom. The van der Waals surface area contributed by atoms with Gasteiger partial charge in [-0.15, -0.1) is 0 Å². The first-order chi connectivity index (χ1) is 12.9. The van der Waals surface area contributed by atoms with Crippen molar-refractivity contribution in [3.8, 4) is 0 Å². The van der Waals surface area contributed by atoms with Gasteiger partial charge in [0.25, 0.3) is 0 Å². The number of nitrogens with zero attached hydrogens (tertiary/aromatic N) is 2. The molecule has 1 aromatic heterocycles. The van der Waals surface area contributed by atoms with Gasteiger partial charge in [0, 0.05) is 48.2 Å². The largest absolute Gasteiger partial charge is 0.390 e. The molecule has 2 heterocycles. The molecule has 0 aromatic carbocycles. The Labute approximate surface area is 163 Å². The van der Waals surface area contributed by atoms with Crippen LogP contribution in [-0.2, 0) is 0 Å². The lowest BCUT2D eigenvalue weighted by Gasteiger charge is -2.11. The van der Waals surface area contributed by atoms with E-state index >= 15 is 0 Å². The lowest BCUT2D eigenvalue weighted by atomic mass is 10.2. The fourth-order valence-electron chi connectivity index (χ4n) is 2.13. The summed E-state index contributed by atoms with van der Waals surface area (Å²) < 4.78 is 0. The quantitative estimate of drug-likeness (QED) is 0.359. The molecule has 2 rings (SSSR count). The summed E-state index contributed by atoms with van der Waals surface area (Å²) >= 11 is 1.54. The van der Waals surface area contributed by atoms with Crippen molar-refractivity contribution < 1.29 is 0 Å². The number of rotatable bonds is 9. The smallest absolute Gasteiger partial charge is 0.169 e. The van der Waals surface area contributed by atoms with E-state index in [2.05, 4.69) is 25.9 Å². The SMILES string of the molecule is CCN/C=C1/SC(CNc2nc(/C(C=N)=C/NC(C)C)cnc2N)=CC1=N. The van der Waals surface area contributed by atoms with Gasteiger partial charge in [-0.2, -0.15) is 0 Å². The third kappa shape index (κ3) is 5.85. The Hall–Kier alpha value is -2.81. The molecule has 0 bridgehead atoms. The maximum absolute atomic E-state index is 8.01. The van der Waals surface area contributed by atoms with Crippen molar-refractivity contribution in [2.45, 2.75) is 26.8 Å². The highest BCUT2D eigenvalue weighted by atomic mass is 32.2. The first kappa shape index (κ1) is 20.5. The Balaban J connectivity index is 2.09. The molecule has 1 aliphatic heterocycles. The van der Waals surface area contributed by atoms with Gasteiger partial charge in [0.05, 0.1) is 22.5 Å².